The summed E-state index contributed by atoms with van der Waals surface area (Å²) in [5.41, 5.74) is -0.0259. The minimum absolute atomic E-state index is 0.0259. The number of aromatic nitrogens is 2. The fraction of sp³-hybridized carbons (Fsp3) is 0.385. The lowest BCUT2D eigenvalue weighted by Gasteiger charge is -2.17. The predicted molar refractivity (Wildman–Crippen MR) is 70.4 cm³/mol. The second-order valence-corrected chi connectivity index (χ2v) is 5.76. The third kappa shape index (κ3) is 2.45. The van der Waals surface area contributed by atoms with E-state index < -0.39 is 5.82 Å². The van der Waals surface area contributed by atoms with Gasteiger partial charge in [0.05, 0.1) is 5.25 Å². The van der Waals surface area contributed by atoms with E-state index in [-0.39, 0.29) is 22.5 Å². The van der Waals surface area contributed by atoms with E-state index >= 15 is 0 Å². The van der Waals surface area contributed by atoms with Crippen LogP contribution in [0, 0.1) is 5.82 Å². The number of halogens is 1. The van der Waals surface area contributed by atoms with E-state index in [0.717, 1.165) is 18.6 Å². The van der Waals surface area contributed by atoms with E-state index in [2.05, 4.69) is 10.1 Å². The molecule has 1 atom stereocenters. The van der Waals surface area contributed by atoms with Crippen LogP contribution in [0.5, 0.6) is 5.75 Å². The molecule has 1 N–H and O–H groups in total. The maximum Gasteiger partial charge on any atom is 0.264 e. The Morgan fingerprint density at radius 2 is 2.26 bits per heavy atom. The van der Waals surface area contributed by atoms with Crippen LogP contribution >= 0.6 is 11.8 Å². The van der Waals surface area contributed by atoms with E-state index in [1.807, 2.05) is 0 Å². The summed E-state index contributed by atoms with van der Waals surface area (Å²) in [6.07, 6.45) is 3.36. The van der Waals surface area contributed by atoms with Crippen molar-refractivity contribution in [3.8, 4) is 17.2 Å². The smallest absolute Gasteiger partial charge is 0.264 e. The van der Waals surface area contributed by atoms with Crippen LogP contribution in [0.3, 0.4) is 0 Å². The highest BCUT2D eigenvalue weighted by atomic mass is 32.2. The number of aromatic hydroxyl groups is 1. The Morgan fingerprint density at radius 1 is 1.37 bits per heavy atom. The van der Waals surface area contributed by atoms with E-state index in [4.69, 9.17) is 4.52 Å². The summed E-state index contributed by atoms with van der Waals surface area (Å²) < 4.78 is 18.8. The molecule has 3 rings (SSSR count). The van der Waals surface area contributed by atoms with Crippen LogP contribution in [-0.2, 0) is 0 Å². The Kier molecular flexibility index (Phi) is 3.42. The van der Waals surface area contributed by atoms with Crippen molar-refractivity contribution in [2.24, 2.45) is 0 Å². The van der Waals surface area contributed by atoms with Gasteiger partial charge in [-0.2, -0.15) is 16.7 Å². The lowest BCUT2D eigenvalue weighted by molar-refractivity contribution is 0.412. The van der Waals surface area contributed by atoms with Gasteiger partial charge < -0.3 is 9.63 Å². The van der Waals surface area contributed by atoms with Gasteiger partial charge in [-0.3, -0.25) is 0 Å². The number of nitrogens with zero attached hydrogens (tertiary/aromatic N) is 2. The van der Waals surface area contributed by atoms with Crippen molar-refractivity contribution in [3.63, 3.8) is 0 Å². The summed E-state index contributed by atoms with van der Waals surface area (Å²) in [5.74, 6) is 0.955. The summed E-state index contributed by atoms with van der Waals surface area (Å²) in [7, 11) is 0. The van der Waals surface area contributed by atoms with E-state index in [0.29, 0.717) is 5.82 Å². The first-order valence-electron chi connectivity index (χ1n) is 6.19. The molecule has 0 bridgehead atoms. The Bertz CT molecular complexity index is 562. The highest BCUT2D eigenvalue weighted by Gasteiger charge is 2.24. The molecule has 2 heterocycles. The van der Waals surface area contributed by atoms with Gasteiger partial charge in [-0.25, -0.2) is 4.39 Å². The van der Waals surface area contributed by atoms with E-state index in [1.165, 1.54) is 24.6 Å². The predicted octanol–water partition coefficient (Wildman–Crippen LogP) is 3.54. The zero-order valence-electron chi connectivity index (χ0n) is 10.2. The average Bonchev–Trinajstić information content (AvgIpc) is 2.89. The van der Waals surface area contributed by atoms with Crippen molar-refractivity contribution in [2.75, 3.05) is 5.75 Å². The number of hydrogen-bond acceptors (Lipinski definition) is 5. The molecular formula is C13H13FN2O2S. The molecule has 1 fully saturated rings. The monoisotopic (exact) mass is 280 g/mol. The zero-order valence-corrected chi connectivity index (χ0v) is 11.0. The quantitative estimate of drug-likeness (QED) is 0.911. The Hall–Kier alpha value is -1.56. The van der Waals surface area contributed by atoms with E-state index in [1.54, 1.807) is 11.8 Å². The van der Waals surface area contributed by atoms with Gasteiger partial charge in [0.25, 0.3) is 5.89 Å². The number of thioether (sulfide) groups is 1. The highest BCUT2D eigenvalue weighted by molar-refractivity contribution is 7.99. The van der Waals surface area contributed by atoms with Crippen LogP contribution in [-0.4, -0.2) is 21.0 Å². The summed E-state index contributed by atoms with van der Waals surface area (Å²) in [5, 5.41) is 13.8. The molecule has 0 saturated carbocycles. The number of benzene rings is 1. The molecule has 1 aromatic carbocycles. The number of phenols is 1. The van der Waals surface area contributed by atoms with Crippen LogP contribution in [0.1, 0.15) is 30.3 Å². The molecule has 1 saturated heterocycles. The van der Waals surface area contributed by atoms with Crippen molar-refractivity contribution in [1.82, 2.24) is 10.1 Å². The summed E-state index contributed by atoms with van der Waals surface area (Å²) in [4.78, 5) is 4.23. The van der Waals surface area contributed by atoms with Crippen molar-refractivity contribution in [3.05, 3.63) is 29.8 Å². The molecule has 1 aromatic heterocycles. The molecule has 1 aliphatic heterocycles. The number of rotatable bonds is 2. The number of phenolic OH excluding ortho intramolecular Hbond substituents is 1. The van der Waals surface area contributed by atoms with Crippen molar-refractivity contribution in [1.29, 1.82) is 0 Å². The van der Waals surface area contributed by atoms with Crippen LogP contribution in [0.4, 0.5) is 4.39 Å². The first kappa shape index (κ1) is 12.5. The fourth-order valence-electron chi connectivity index (χ4n) is 2.14. The highest BCUT2D eigenvalue weighted by Crippen LogP contribution is 2.38. The topological polar surface area (TPSA) is 59.2 Å². The van der Waals surface area contributed by atoms with Crippen molar-refractivity contribution < 1.29 is 14.0 Å². The molecule has 4 nitrogen and oxygen atoms in total. The SMILES string of the molecule is Oc1cccc(F)c1-c1nc(C2CCCCS2)no1. The van der Waals surface area contributed by atoms with Gasteiger partial charge >= 0.3 is 0 Å². The maximum absolute atomic E-state index is 13.7. The van der Waals surface area contributed by atoms with E-state index in [9.17, 15) is 9.50 Å². The van der Waals surface area contributed by atoms with Crippen LogP contribution in [0.2, 0.25) is 0 Å². The molecule has 0 amide bonds. The first-order chi connectivity index (χ1) is 9.25. The molecule has 0 spiro atoms. The van der Waals surface area contributed by atoms with Crippen LogP contribution < -0.4 is 0 Å². The third-order valence-corrected chi connectivity index (χ3v) is 4.49. The Labute approximate surface area is 114 Å². The lowest BCUT2D eigenvalue weighted by Crippen LogP contribution is -2.03. The third-order valence-electron chi connectivity index (χ3n) is 3.11. The Morgan fingerprint density at radius 3 is 3.00 bits per heavy atom. The zero-order chi connectivity index (χ0) is 13.2. The first-order valence-corrected chi connectivity index (χ1v) is 7.23. The van der Waals surface area contributed by atoms with Gasteiger partial charge in [0.2, 0.25) is 0 Å². The van der Waals surface area contributed by atoms with Gasteiger partial charge in [-0.15, -0.1) is 0 Å². The van der Waals surface area contributed by atoms with Gasteiger partial charge in [-0.05, 0) is 30.7 Å². The minimum Gasteiger partial charge on any atom is -0.507 e. The number of hydrogen-bond donors (Lipinski definition) is 1. The molecule has 19 heavy (non-hydrogen) atoms. The Balaban J connectivity index is 1.92. The standard InChI is InChI=1S/C13H13FN2O2S/c14-8-4-3-5-9(17)11(8)13-15-12(16-18-13)10-6-1-2-7-19-10/h3-5,10,17H,1-2,6-7H2. The second kappa shape index (κ2) is 5.21. The van der Waals surface area contributed by atoms with Crippen LogP contribution in [0.25, 0.3) is 11.5 Å². The summed E-state index contributed by atoms with van der Waals surface area (Å²) in [6.45, 7) is 0. The lowest BCUT2D eigenvalue weighted by atomic mass is 10.1. The van der Waals surface area contributed by atoms with Gasteiger partial charge in [0.1, 0.15) is 17.1 Å². The summed E-state index contributed by atoms with van der Waals surface area (Å²) in [6, 6.07) is 4.09. The maximum atomic E-state index is 13.7. The largest absolute Gasteiger partial charge is 0.507 e. The van der Waals surface area contributed by atoms with Gasteiger partial charge in [-0.1, -0.05) is 17.6 Å². The van der Waals surface area contributed by atoms with Gasteiger partial charge in [0, 0.05) is 0 Å². The van der Waals surface area contributed by atoms with Crippen molar-refractivity contribution >= 4 is 11.8 Å². The molecule has 6 heteroatoms. The molecule has 1 unspecified atom stereocenters. The summed E-state index contributed by atoms with van der Waals surface area (Å²) >= 11 is 1.79. The normalized spacial score (nSPS) is 19.5. The molecule has 2 aromatic rings. The van der Waals surface area contributed by atoms with Crippen LogP contribution in [0.15, 0.2) is 22.7 Å². The molecular weight excluding hydrogens is 267 g/mol. The average molecular weight is 280 g/mol. The minimum atomic E-state index is -0.563. The molecule has 0 aliphatic carbocycles. The molecule has 0 radical (unpaired) electrons. The second-order valence-electron chi connectivity index (χ2n) is 4.45. The molecule has 1 aliphatic rings. The molecule has 100 valence electrons. The van der Waals surface area contributed by atoms with Gasteiger partial charge in [0.15, 0.2) is 5.82 Å². The fourth-order valence-corrected chi connectivity index (χ4v) is 3.37. The van der Waals surface area contributed by atoms with Crippen molar-refractivity contribution in [2.45, 2.75) is 24.5 Å².